The Bertz CT molecular complexity index is 1170. The Morgan fingerprint density at radius 2 is 1.51 bits per heavy atom. The van der Waals surface area contributed by atoms with Gasteiger partial charge in [-0.2, -0.15) is 0 Å². The maximum atomic E-state index is 13.7. The maximum absolute atomic E-state index is 13.7. The third kappa shape index (κ3) is 8.26. The number of thioether (sulfide) groups is 1. The van der Waals surface area contributed by atoms with Gasteiger partial charge in [0.2, 0.25) is 11.8 Å². The van der Waals surface area contributed by atoms with Crippen molar-refractivity contribution < 1.29 is 9.59 Å². The number of hydrogen-bond acceptors (Lipinski definition) is 3. The predicted molar refractivity (Wildman–Crippen MR) is 154 cm³/mol. The maximum Gasteiger partial charge on any atom is 0.243 e. The van der Waals surface area contributed by atoms with Crippen LogP contribution in [0.15, 0.2) is 78.9 Å². The van der Waals surface area contributed by atoms with Crippen molar-refractivity contribution in [3.05, 3.63) is 106 Å². The molecule has 0 unspecified atom stereocenters. The van der Waals surface area contributed by atoms with Crippen LogP contribution in [0.4, 0.5) is 0 Å². The molecule has 7 heteroatoms. The lowest BCUT2D eigenvalue weighted by molar-refractivity contribution is -0.139. The van der Waals surface area contributed by atoms with Crippen molar-refractivity contribution >= 4 is 46.8 Å². The Kier molecular flexibility index (Phi) is 10.4. The molecule has 2 amide bonds. The standard InChI is InChI=1S/C30H32Cl2N2O2S/c31-26-16-15-24(17-27(26)32)19-34(29(35)21-37-20-23-11-5-2-6-12-23)28(18-22-9-3-1-4-10-22)30(36)33-25-13-7-8-14-25/h1-6,9-12,15-17,25,28H,7-8,13-14,18-21H2,(H,33,36)/t28-/m0/s1. The van der Waals surface area contributed by atoms with E-state index in [1.807, 2.05) is 54.6 Å². The molecule has 0 spiro atoms. The Morgan fingerprint density at radius 3 is 2.16 bits per heavy atom. The summed E-state index contributed by atoms with van der Waals surface area (Å²) in [5, 5.41) is 4.13. The van der Waals surface area contributed by atoms with Crippen LogP contribution in [0.1, 0.15) is 42.4 Å². The molecular weight excluding hydrogens is 523 g/mol. The van der Waals surface area contributed by atoms with Crippen LogP contribution >= 0.6 is 35.0 Å². The minimum absolute atomic E-state index is 0.0745. The molecule has 1 N–H and O–H groups in total. The zero-order valence-electron chi connectivity index (χ0n) is 20.7. The van der Waals surface area contributed by atoms with Crippen LogP contribution < -0.4 is 5.32 Å². The van der Waals surface area contributed by atoms with Crippen LogP contribution in [-0.4, -0.2) is 34.6 Å². The molecule has 4 nitrogen and oxygen atoms in total. The fraction of sp³-hybridized carbons (Fsp3) is 0.333. The van der Waals surface area contributed by atoms with Gasteiger partial charge in [-0.25, -0.2) is 0 Å². The molecule has 194 valence electrons. The number of halogens is 2. The van der Waals surface area contributed by atoms with Gasteiger partial charge in [-0.1, -0.05) is 103 Å². The average Bonchev–Trinajstić information content (AvgIpc) is 3.42. The van der Waals surface area contributed by atoms with Gasteiger partial charge in [0.25, 0.3) is 0 Å². The first-order chi connectivity index (χ1) is 18.0. The number of hydrogen-bond donors (Lipinski definition) is 1. The average molecular weight is 556 g/mol. The first-order valence-electron chi connectivity index (χ1n) is 12.7. The Morgan fingerprint density at radius 1 is 0.865 bits per heavy atom. The number of carbonyl (C=O) groups is 2. The van der Waals surface area contributed by atoms with E-state index in [2.05, 4.69) is 17.4 Å². The third-order valence-electron chi connectivity index (χ3n) is 6.65. The van der Waals surface area contributed by atoms with Gasteiger partial charge in [0, 0.05) is 24.8 Å². The van der Waals surface area contributed by atoms with Crippen molar-refractivity contribution in [2.45, 2.75) is 56.5 Å². The highest BCUT2D eigenvalue weighted by Crippen LogP contribution is 2.25. The lowest BCUT2D eigenvalue weighted by Gasteiger charge is -2.32. The summed E-state index contributed by atoms with van der Waals surface area (Å²) in [6.45, 7) is 0.275. The van der Waals surface area contributed by atoms with Gasteiger partial charge < -0.3 is 10.2 Å². The highest BCUT2D eigenvalue weighted by Gasteiger charge is 2.32. The summed E-state index contributed by atoms with van der Waals surface area (Å²) >= 11 is 14.0. The lowest BCUT2D eigenvalue weighted by atomic mass is 10.0. The second-order valence-corrected chi connectivity index (χ2v) is 11.2. The van der Waals surface area contributed by atoms with Gasteiger partial charge in [-0.15, -0.1) is 11.8 Å². The van der Waals surface area contributed by atoms with Gasteiger partial charge >= 0.3 is 0 Å². The molecule has 1 fully saturated rings. The summed E-state index contributed by atoms with van der Waals surface area (Å²) in [4.78, 5) is 29.1. The van der Waals surface area contributed by atoms with E-state index in [0.29, 0.717) is 16.5 Å². The van der Waals surface area contributed by atoms with Crippen molar-refractivity contribution in [2.75, 3.05) is 5.75 Å². The smallest absolute Gasteiger partial charge is 0.243 e. The SMILES string of the molecule is O=C(NC1CCCC1)[C@H](Cc1ccccc1)N(Cc1ccc(Cl)c(Cl)c1)C(=O)CSCc1ccccc1. The van der Waals surface area contributed by atoms with Gasteiger partial charge in [0.05, 0.1) is 15.8 Å². The largest absolute Gasteiger partial charge is 0.352 e. The highest BCUT2D eigenvalue weighted by molar-refractivity contribution is 7.99. The van der Waals surface area contributed by atoms with E-state index in [9.17, 15) is 9.59 Å². The Hall–Kier alpha value is -2.47. The van der Waals surface area contributed by atoms with E-state index in [-0.39, 0.29) is 30.2 Å². The number of carbonyl (C=O) groups excluding carboxylic acids is 2. The van der Waals surface area contributed by atoms with Crippen LogP contribution in [0.2, 0.25) is 10.0 Å². The van der Waals surface area contributed by atoms with Crippen LogP contribution in [0, 0.1) is 0 Å². The molecule has 0 aliphatic heterocycles. The summed E-state index contributed by atoms with van der Waals surface area (Å²) in [7, 11) is 0. The Balaban J connectivity index is 1.58. The molecule has 37 heavy (non-hydrogen) atoms. The molecule has 1 atom stereocenters. The quantitative estimate of drug-likeness (QED) is 0.279. The van der Waals surface area contributed by atoms with Crippen molar-refractivity contribution in [1.29, 1.82) is 0 Å². The topological polar surface area (TPSA) is 49.4 Å². The molecule has 3 aromatic rings. The fourth-order valence-electron chi connectivity index (χ4n) is 4.67. The summed E-state index contributed by atoms with van der Waals surface area (Å²) in [6, 6.07) is 24.9. The highest BCUT2D eigenvalue weighted by atomic mass is 35.5. The summed E-state index contributed by atoms with van der Waals surface area (Å²) in [5.74, 6) is 0.829. The minimum Gasteiger partial charge on any atom is -0.352 e. The van der Waals surface area contributed by atoms with Crippen molar-refractivity contribution in [3.63, 3.8) is 0 Å². The number of nitrogens with zero attached hydrogens (tertiary/aromatic N) is 1. The fourth-order valence-corrected chi connectivity index (χ4v) is 5.86. The number of rotatable bonds is 11. The second-order valence-electron chi connectivity index (χ2n) is 9.44. The van der Waals surface area contributed by atoms with Gasteiger partial charge in [-0.05, 0) is 41.7 Å². The molecule has 0 saturated heterocycles. The Labute approximate surface area is 233 Å². The number of benzene rings is 3. The molecule has 1 aliphatic carbocycles. The van der Waals surface area contributed by atoms with Crippen LogP contribution in [0.25, 0.3) is 0 Å². The zero-order chi connectivity index (χ0) is 26.0. The molecule has 0 radical (unpaired) electrons. The summed E-state index contributed by atoms with van der Waals surface area (Å²) in [6.07, 6.45) is 4.65. The monoisotopic (exact) mass is 554 g/mol. The van der Waals surface area contributed by atoms with E-state index in [1.54, 1.807) is 28.8 Å². The van der Waals surface area contributed by atoms with Crippen LogP contribution in [0.5, 0.6) is 0 Å². The second kappa shape index (κ2) is 13.9. The first kappa shape index (κ1) is 27.6. The normalized spacial score (nSPS) is 14.3. The van der Waals surface area contributed by atoms with Crippen molar-refractivity contribution in [1.82, 2.24) is 10.2 Å². The third-order valence-corrected chi connectivity index (χ3v) is 8.37. The van der Waals surface area contributed by atoms with E-state index in [4.69, 9.17) is 23.2 Å². The van der Waals surface area contributed by atoms with Crippen LogP contribution in [-0.2, 0) is 28.3 Å². The zero-order valence-corrected chi connectivity index (χ0v) is 23.1. The van der Waals surface area contributed by atoms with E-state index in [0.717, 1.165) is 48.1 Å². The van der Waals surface area contributed by atoms with Crippen molar-refractivity contribution in [2.24, 2.45) is 0 Å². The molecular formula is C30H32Cl2N2O2S. The van der Waals surface area contributed by atoms with Gasteiger partial charge in [0.1, 0.15) is 6.04 Å². The van der Waals surface area contributed by atoms with Crippen molar-refractivity contribution in [3.8, 4) is 0 Å². The minimum atomic E-state index is -0.637. The summed E-state index contributed by atoms with van der Waals surface area (Å²) < 4.78 is 0. The molecule has 1 saturated carbocycles. The van der Waals surface area contributed by atoms with Gasteiger partial charge in [-0.3, -0.25) is 9.59 Å². The molecule has 1 aliphatic rings. The first-order valence-corrected chi connectivity index (χ1v) is 14.6. The number of nitrogens with one attached hydrogen (secondary N) is 1. The predicted octanol–water partition coefficient (Wildman–Crippen LogP) is 6.93. The lowest BCUT2D eigenvalue weighted by Crippen LogP contribution is -2.52. The molecule has 3 aromatic carbocycles. The molecule has 0 heterocycles. The molecule has 0 bridgehead atoms. The summed E-state index contributed by atoms with van der Waals surface area (Å²) in [5.41, 5.74) is 3.01. The van der Waals surface area contributed by atoms with E-state index in [1.165, 1.54) is 0 Å². The molecule has 0 aromatic heterocycles. The molecule has 4 rings (SSSR count). The van der Waals surface area contributed by atoms with E-state index < -0.39 is 6.04 Å². The van der Waals surface area contributed by atoms with Crippen LogP contribution in [0.3, 0.4) is 0 Å². The van der Waals surface area contributed by atoms with E-state index >= 15 is 0 Å². The number of amides is 2. The van der Waals surface area contributed by atoms with Gasteiger partial charge in [0.15, 0.2) is 0 Å².